The number of anilines is 1. The number of hydrogen-bond donors (Lipinski definition) is 2. The number of aryl methyl sites for hydroxylation is 1. The molecule has 0 aliphatic rings. The van der Waals surface area contributed by atoms with Crippen molar-refractivity contribution in [3.63, 3.8) is 0 Å². The van der Waals surface area contributed by atoms with E-state index in [1.165, 1.54) is 6.20 Å². The Kier molecular flexibility index (Phi) is 3.74. The average Bonchev–Trinajstić information content (AvgIpc) is 3.25. The van der Waals surface area contributed by atoms with Gasteiger partial charge in [0.15, 0.2) is 23.1 Å². The highest BCUT2D eigenvalue weighted by Crippen LogP contribution is 2.32. The van der Waals surface area contributed by atoms with Gasteiger partial charge in [-0.05, 0) is 35.3 Å². The van der Waals surface area contributed by atoms with Crippen molar-refractivity contribution in [2.75, 3.05) is 5.73 Å². The molecule has 0 unspecified atom stereocenters. The van der Waals surface area contributed by atoms with Gasteiger partial charge in [-0.3, -0.25) is 0 Å². The van der Waals surface area contributed by atoms with Crippen molar-refractivity contribution in [3.8, 4) is 29.1 Å². The van der Waals surface area contributed by atoms with E-state index in [0.717, 1.165) is 5.56 Å². The highest BCUT2D eigenvalue weighted by atomic mass is 16.6. The first-order chi connectivity index (χ1) is 12.7. The van der Waals surface area contributed by atoms with Crippen LogP contribution in [-0.2, 0) is 6.54 Å². The molecule has 3 heterocycles. The van der Waals surface area contributed by atoms with Gasteiger partial charge in [-0.25, -0.2) is 14.6 Å². The third-order valence-corrected chi connectivity index (χ3v) is 3.89. The minimum atomic E-state index is 0.000821. The molecule has 3 N–H and O–H groups in total. The molecule has 4 aromatic rings. The van der Waals surface area contributed by atoms with E-state index in [1.54, 1.807) is 4.57 Å². The largest absolute Gasteiger partial charge is 0.504 e. The Labute approximate surface area is 148 Å². The number of fused-ring (bicyclic) bond motifs is 1. The van der Waals surface area contributed by atoms with E-state index in [1.807, 2.05) is 37.3 Å². The zero-order valence-corrected chi connectivity index (χ0v) is 13.8. The SMILES string of the molecule is CCn1c(-c2nonc2N)nc2c(C#Cc3ccccc3)ncc(O)c21. The number of aromatic nitrogens is 5. The van der Waals surface area contributed by atoms with Gasteiger partial charge in [0.25, 0.3) is 0 Å². The Morgan fingerprint density at radius 2 is 2.00 bits per heavy atom. The van der Waals surface area contributed by atoms with Crippen LogP contribution in [0.3, 0.4) is 0 Å². The first-order valence-corrected chi connectivity index (χ1v) is 7.92. The topological polar surface area (TPSA) is 116 Å². The minimum absolute atomic E-state index is 0.000821. The van der Waals surface area contributed by atoms with Crippen LogP contribution in [-0.4, -0.2) is 30.0 Å². The first kappa shape index (κ1) is 15.7. The van der Waals surface area contributed by atoms with Crippen LogP contribution in [0.4, 0.5) is 5.82 Å². The number of imidazole rings is 1. The molecule has 0 spiro atoms. The molecule has 0 bridgehead atoms. The first-order valence-electron chi connectivity index (χ1n) is 7.92. The summed E-state index contributed by atoms with van der Waals surface area (Å²) in [5, 5.41) is 17.7. The summed E-state index contributed by atoms with van der Waals surface area (Å²) in [5.41, 5.74) is 8.39. The van der Waals surface area contributed by atoms with Crippen molar-refractivity contribution in [2.45, 2.75) is 13.5 Å². The fourth-order valence-electron chi connectivity index (χ4n) is 2.71. The van der Waals surface area contributed by atoms with E-state index in [2.05, 4.69) is 36.8 Å². The summed E-state index contributed by atoms with van der Waals surface area (Å²) >= 11 is 0. The van der Waals surface area contributed by atoms with Gasteiger partial charge in [-0.1, -0.05) is 24.1 Å². The van der Waals surface area contributed by atoms with Gasteiger partial charge >= 0.3 is 0 Å². The Bertz CT molecular complexity index is 1150. The van der Waals surface area contributed by atoms with Crippen molar-refractivity contribution in [3.05, 3.63) is 47.8 Å². The van der Waals surface area contributed by atoms with E-state index >= 15 is 0 Å². The number of pyridine rings is 1. The molecule has 26 heavy (non-hydrogen) atoms. The lowest BCUT2D eigenvalue weighted by Crippen LogP contribution is -2.00. The number of benzene rings is 1. The summed E-state index contributed by atoms with van der Waals surface area (Å²) in [5.74, 6) is 6.63. The van der Waals surface area contributed by atoms with Gasteiger partial charge in [0.05, 0.1) is 6.20 Å². The third-order valence-electron chi connectivity index (χ3n) is 3.89. The second-order valence-electron chi connectivity index (χ2n) is 5.48. The lowest BCUT2D eigenvalue weighted by atomic mass is 10.2. The molecule has 0 saturated heterocycles. The predicted octanol–water partition coefficient (Wildman–Crippen LogP) is 2.19. The number of nitrogens with zero attached hydrogens (tertiary/aromatic N) is 5. The zero-order chi connectivity index (χ0) is 18.1. The molecule has 0 atom stereocenters. The van der Waals surface area contributed by atoms with Crippen molar-refractivity contribution in [1.29, 1.82) is 0 Å². The van der Waals surface area contributed by atoms with E-state index in [0.29, 0.717) is 34.8 Å². The molecule has 4 rings (SSSR count). The van der Waals surface area contributed by atoms with Gasteiger partial charge in [-0.2, -0.15) is 0 Å². The number of rotatable bonds is 2. The molecular weight excluding hydrogens is 332 g/mol. The summed E-state index contributed by atoms with van der Waals surface area (Å²) in [7, 11) is 0. The minimum Gasteiger partial charge on any atom is -0.504 e. The van der Waals surface area contributed by atoms with E-state index in [-0.39, 0.29) is 11.6 Å². The van der Waals surface area contributed by atoms with Crippen molar-refractivity contribution >= 4 is 16.9 Å². The number of hydrogen-bond acceptors (Lipinski definition) is 7. The van der Waals surface area contributed by atoms with Crippen LogP contribution in [0.2, 0.25) is 0 Å². The smallest absolute Gasteiger partial charge is 0.199 e. The van der Waals surface area contributed by atoms with Crippen LogP contribution >= 0.6 is 0 Å². The summed E-state index contributed by atoms with van der Waals surface area (Å²) < 4.78 is 6.45. The molecule has 8 heteroatoms. The lowest BCUT2D eigenvalue weighted by Gasteiger charge is -2.04. The van der Waals surface area contributed by atoms with Gasteiger partial charge in [-0.15, -0.1) is 0 Å². The van der Waals surface area contributed by atoms with E-state index < -0.39 is 0 Å². The second-order valence-corrected chi connectivity index (χ2v) is 5.48. The highest BCUT2D eigenvalue weighted by Gasteiger charge is 2.22. The molecule has 0 saturated carbocycles. The zero-order valence-electron chi connectivity index (χ0n) is 13.8. The maximum Gasteiger partial charge on any atom is 0.199 e. The van der Waals surface area contributed by atoms with Crippen molar-refractivity contribution < 1.29 is 9.74 Å². The van der Waals surface area contributed by atoms with Crippen LogP contribution in [0.15, 0.2) is 41.2 Å². The molecule has 0 fully saturated rings. The molecule has 0 aliphatic carbocycles. The molecule has 0 radical (unpaired) electrons. The third kappa shape index (κ3) is 2.52. The Morgan fingerprint density at radius 3 is 2.69 bits per heavy atom. The molecule has 0 aliphatic heterocycles. The summed E-state index contributed by atoms with van der Waals surface area (Å²) in [4.78, 5) is 8.78. The monoisotopic (exact) mass is 346 g/mol. The lowest BCUT2D eigenvalue weighted by molar-refractivity contribution is 0.310. The van der Waals surface area contributed by atoms with E-state index in [9.17, 15) is 5.11 Å². The van der Waals surface area contributed by atoms with Crippen LogP contribution in [0.1, 0.15) is 18.2 Å². The Morgan fingerprint density at radius 1 is 1.19 bits per heavy atom. The average molecular weight is 346 g/mol. The van der Waals surface area contributed by atoms with Gasteiger partial charge in [0.1, 0.15) is 16.7 Å². The van der Waals surface area contributed by atoms with Crippen LogP contribution in [0, 0.1) is 11.8 Å². The van der Waals surface area contributed by atoms with Crippen molar-refractivity contribution in [2.24, 2.45) is 0 Å². The fourth-order valence-corrected chi connectivity index (χ4v) is 2.71. The van der Waals surface area contributed by atoms with Crippen molar-refractivity contribution in [1.82, 2.24) is 24.8 Å². The molecule has 0 amide bonds. The Balaban J connectivity index is 1.94. The number of aromatic hydroxyl groups is 1. The number of nitrogens with two attached hydrogens (primary N) is 1. The maximum atomic E-state index is 10.3. The maximum absolute atomic E-state index is 10.3. The summed E-state index contributed by atoms with van der Waals surface area (Å²) in [6.45, 7) is 2.45. The van der Waals surface area contributed by atoms with Crippen LogP contribution < -0.4 is 5.73 Å². The van der Waals surface area contributed by atoms with E-state index in [4.69, 9.17) is 5.73 Å². The molecule has 1 aromatic carbocycles. The highest BCUT2D eigenvalue weighted by molar-refractivity contribution is 5.89. The van der Waals surface area contributed by atoms with Gasteiger partial charge in [0.2, 0.25) is 0 Å². The normalized spacial score (nSPS) is 10.7. The second kappa shape index (κ2) is 6.22. The Hall–Kier alpha value is -3.86. The molecule has 128 valence electrons. The van der Waals surface area contributed by atoms with Gasteiger partial charge in [0, 0.05) is 12.1 Å². The van der Waals surface area contributed by atoms with Gasteiger partial charge < -0.3 is 15.4 Å². The van der Waals surface area contributed by atoms with Crippen LogP contribution in [0.25, 0.3) is 22.6 Å². The fraction of sp³-hybridized carbons (Fsp3) is 0.111. The molecule has 3 aromatic heterocycles. The predicted molar refractivity (Wildman–Crippen MR) is 95.0 cm³/mol. The van der Waals surface area contributed by atoms with Crippen LogP contribution in [0.5, 0.6) is 5.75 Å². The summed E-state index contributed by atoms with van der Waals surface area (Å²) in [6, 6.07) is 9.56. The molecular formula is C18H14N6O2. The summed E-state index contributed by atoms with van der Waals surface area (Å²) in [6.07, 6.45) is 1.36. The standard InChI is InChI=1S/C18H14N6O2/c1-2-24-16-13(25)10-20-12(9-8-11-6-4-3-5-7-11)14(16)21-18(24)15-17(19)23-26-22-15/h3-7,10,25H,2H2,1H3,(H2,19,23). The molecule has 8 nitrogen and oxygen atoms in total. The quantitative estimate of drug-likeness (QED) is 0.534. The number of nitrogen functional groups attached to an aromatic ring is 1.